The zero-order valence-electron chi connectivity index (χ0n) is 18.3. The van der Waals surface area contributed by atoms with E-state index in [0.717, 1.165) is 42.7 Å². The molecule has 3 aromatic rings. The van der Waals surface area contributed by atoms with Gasteiger partial charge in [0.25, 0.3) is 5.91 Å². The summed E-state index contributed by atoms with van der Waals surface area (Å²) in [5.41, 5.74) is 2.34. The van der Waals surface area contributed by atoms with Gasteiger partial charge in [-0.3, -0.25) is 4.79 Å². The van der Waals surface area contributed by atoms with Gasteiger partial charge in [-0.15, -0.1) is 0 Å². The minimum atomic E-state index is 0.0251. The van der Waals surface area contributed by atoms with Gasteiger partial charge in [-0.1, -0.05) is 25.5 Å². The third-order valence-corrected chi connectivity index (χ3v) is 5.69. The molecule has 6 nitrogen and oxygen atoms in total. The van der Waals surface area contributed by atoms with Gasteiger partial charge in [-0.25, -0.2) is 4.98 Å². The molecular formula is C25H30N2O4. The molecule has 0 radical (unpaired) electrons. The maximum Gasteiger partial charge on any atom is 0.253 e. The number of unbranched alkanes of at least 4 members (excludes halogenated alkanes) is 1. The van der Waals surface area contributed by atoms with Crippen molar-refractivity contribution in [1.82, 2.24) is 9.88 Å². The molecule has 1 saturated heterocycles. The van der Waals surface area contributed by atoms with Crippen molar-refractivity contribution in [2.75, 3.05) is 26.3 Å². The minimum absolute atomic E-state index is 0.0251. The first kappa shape index (κ1) is 21.2. The van der Waals surface area contributed by atoms with Gasteiger partial charge in [0, 0.05) is 24.6 Å². The molecule has 0 aliphatic carbocycles. The van der Waals surface area contributed by atoms with Crippen molar-refractivity contribution in [2.45, 2.75) is 45.4 Å². The van der Waals surface area contributed by atoms with Crippen LogP contribution in [0.2, 0.25) is 0 Å². The first-order valence-corrected chi connectivity index (χ1v) is 11.2. The molecule has 2 heterocycles. The van der Waals surface area contributed by atoms with Gasteiger partial charge in [-0.05, 0) is 56.5 Å². The van der Waals surface area contributed by atoms with Crippen molar-refractivity contribution in [3.05, 3.63) is 53.9 Å². The number of rotatable bonds is 8. The molecule has 1 fully saturated rings. The van der Waals surface area contributed by atoms with E-state index in [1.807, 2.05) is 48.2 Å². The molecular weight excluding hydrogens is 392 g/mol. The number of likely N-dealkylation sites (tertiary alicyclic amines) is 1. The smallest absolute Gasteiger partial charge is 0.253 e. The normalized spacial score (nSPS) is 14.7. The van der Waals surface area contributed by atoms with Crippen molar-refractivity contribution in [1.29, 1.82) is 0 Å². The Hall–Kier alpha value is -3.02. The maximum atomic E-state index is 13.1. The van der Waals surface area contributed by atoms with Gasteiger partial charge in [0.15, 0.2) is 23.0 Å². The summed E-state index contributed by atoms with van der Waals surface area (Å²) in [6.45, 7) is 6.59. The van der Waals surface area contributed by atoms with Crippen LogP contribution < -0.4 is 9.47 Å². The van der Waals surface area contributed by atoms with Gasteiger partial charge >= 0.3 is 0 Å². The Kier molecular flexibility index (Phi) is 6.75. The fraction of sp³-hybridized carbons (Fsp3) is 0.440. The van der Waals surface area contributed by atoms with Crippen LogP contribution in [0.5, 0.6) is 11.5 Å². The fourth-order valence-electron chi connectivity index (χ4n) is 3.93. The largest absolute Gasteiger partial charge is 0.490 e. The zero-order chi connectivity index (χ0) is 21.6. The Morgan fingerprint density at radius 1 is 1.10 bits per heavy atom. The first-order valence-electron chi connectivity index (χ1n) is 11.2. The molecule has 4 rings (SSSR count). The van der Waals surface area contributed by atoms with Crippen LogP contribution in [-0.4, -0.2) is 42.1 Å². The van der Waals surface area contributed by atoms with Crippen molar-refractivity contribution in [3.63, 3.8) is 0 Å². The number of para-hydroxylation sites is 2. The Bertz CT molecular complexity index is 988. The summed E-state index contributed by atoms with van der Waals surface area (Å²) in [5.74, 6) is 2.37. The van der Waals surface area contributed by atoms with Crippen molar-refractivity contribution in [2.24, 2.45) is 0 Å². The monoisotopic (exact) mass is 422 g/mol. The lowest BCUT2D eigenvalue weighted by Crippen LogP contribution is -2.38. The van der Waals surface area contributed by atoms with Crippen LogP contribution in [0.25, 0.3) is 11.1 Å². The number of aromatic nitrogens is 1. The van der Waals surface area contributed by atoms with Crippen LogP contribution in [0.4, 0.5) is 0 Å². The zero-order valence-corrected chi connectivity index (χ0v) is 18.3. The molecule has 1 amide bonds. The van der Waals surface area contributed by atoms with E-state index >= 15 is 0 Å². The fourth-order valence-corrected chi connectivity index (χ4v) is 3.93. The SMILES string of the molecule is CCCCOc1ccc(C(=O)N2CCC(c3nc4ccccc4o3)CC2)cc1OCC. The number of oxazole rings is 1. The molecule has 0 atom stereocenters. The predicted octanol–water partition coefficient (Wildman–Crippen LogP) is 5.43. The average molecular weight is 423 g/mol. The summed E-state index contributed by atoms with van der Waals surface area (Å²) < 4.78 is 17.5. The van der Waals surface area contributed by atoms with Crippen LogP contribution in [0.1, 0.15) is 61.7 Å². The van der Waals surface area contributed by atoms with Gasteiger partial charge in [-0.2, -0.15) is 0 Å². The molecule has 0 bridgehead atoms. The Labute approximate surface area is 183 Å². The third kappa shape index (κ3) is 4.84. The standard InChI is InChI=1S/C25H30N2O4/c1-3-5-16-30-22-11-10-19(17-23(22)29-4-2)25(28)27-14-12-18(13-15-27)24-26-20-8-6-7-9-21(20)31-24/h6-11,17-18H,3-5,12-16H2,1-2H3. The summed E-state index contributed by atoms with van der Waals surface area (Å²) in [7, 11) is 0. The summed E-state index contributed by atoms with van der Waals surface area (Å²) in [6.07, 6.45) is 3.74. The van der Waals surface area contributed by atoms with E-state index in [-0.39, 0.29) is 11.8 Å². The molecule has 0 saturated carbocycles. The Morgan fingerprint density at radius 2 is 1.90 bits per heavy atom. The second-order valence-electron chi connectivity index (χ2n) is 7.88. The van der Waals surface area contributed by atoms with E-state index in [2.05, 4.69) is 11.9 Å². The molecule has 1 aliphatic heterocycles. The lowest BCUT2D eigenvalue weighted by atomic mass is 9.96. The lowest BCUT2D eigenvalue weighted by molar-refractivity contribution is 0.0706. The van der Waals surface area contributed by atoms with Crippen LogP contribution in [-0.2, 0) is 0 Å². The molecule has 164 valence electrons. The van der Waals surface area contributed by atoms with E-state index in [9.17, 15) is 4.79 Å². The number of hydrogen-bond acceptors (Lipinski definition) is 5. The maximum absolute atomic E-state index is 13.1. The number of nitrogens with zero attached hydrogens (tertiary/aromatic N) is 2. The molecule has 0 N–H and O–H groups in total. The molecule has 31 heavy (non-hydrogen) atoms. The van der Waals surface area contributed by atoms with Gasteiger partial charge in [0.1, 0.15) is 5.52 Å². The third-order valence-electron chi connectivity index (χ3n) is 5.69. The van der Waals surface area contributed by atoms with Crippen molar-refractivity contribution >= 4 is 17.0 Å². The quantitative estimate of drug-likeness (QED) is 0.453. The minimum Gasteiger partial charge on any atom is -0.490 e. The van der Waals surface area contributed by atoms with Gasteiger partial charge in [0.2, 0.25) is 0 Å². The predicted molar refractivity (Wildman–Crippen MR) is 120 cm³/mol. The number of piperidine rings is 1. The topological polar surface area (TPSA) is 64.8 Å². The average Bonchev–Trinajstić information content (AvgIpc) is 3.24. The highest BCUT2D eigenvalue weighted by Gasteiger charge is 2.28. The number of benzene rings is 2. The number of ether oxygens (including phenoxy) is 2. The molecule has 1 aromatic heterocycles. The molecule has 6 heteroatoms. The number of carbonyl (C=O) groups is 1. The highest BCUT2D eigenvalue weighted by Crippen LogP contribution is 2.32. The van der Waals surface area contributed by atoms with Crippen LogP contribution in [0.15, 0.2) is 46.9 Å². The van der Waals surface area contributed by atoms with Crippen molar-refractivity contribution < 1.29 is 18.7 Å². The highest BCUT2D eigenvalue weighted by atomic mass is 16.5. The number of hydrogen-bond donors (Lipinski definition) is 0. The van der Waals surface area contributed by atoms with Crippen LogP contribution in [0.3, 0.4) is 0 Å². The first-order chi connectivity index (χ1) is 15.2. The number of amides is 1. The summed E-state index contributed by atoms with van der Waals surface area (Å²) in [5, 5.41) is 0. The number of carbonyl (C=O) groups excluding carboxylic acids is 1. The Balaban J connectivity index is 1.41. The van der Waals surface area contributed by atoms with E-state index in [1.54, 1.807) is 6.07 Å². The number of fused-ring (bicyclic) bond motifs is 1. The second-order valence-corrected chi connectivity index (χ2v) is 7.88. The van der Waals surface area contributed by atoms with Gasteiger partial charge in [0.05, 0.1) is 13.2 Å². The molecule has 0 spiro atoms. The van der Waals surface area contributed by atoms with Crippen molar-refractivity contribution in [3.8, 4) is 11.5 Å². The summed E-state index contributed by atoms with van der Waals surface area (Å²) in [6, 6.07) is 13.3. The lowest BCUT2D eigenvalue weighted by Gasteiger charge is -2.30. The summed E-state index contributed by atoms with van der Waals surface area (Å²) >= 11 is 0. The molecule has 1 aliphatic rings. The molecule has 2 aromatic carbocycles. The van der Waals surface area contributed by atoms with Crippen LogP contribution >= 0.6 is 0 Å². The van der Waals surface area contributed by atoms with E-state index in [1.165, 1.54) is 0 Å². The van der Waals surface area contributed by atoms with Crippen LogP contribution in [0, 0.1) is 0 Å². The van der Waals surface area contributed by atoms with E-state index in [0.29, 0.717) is 43.4 Å². The highest BCUT2D eigenvalue weighted by molar-refractivity contribution is 5.95. The van der Waals surface area contributed by atoms with E-state index in [4.69, 9.17) is 13.9 Å². The van der Waals surface area contributed by atoms with E-state index < -0.39 is 0 Å². The second kappa shape index (κ2) is 9.86. The van der Waals surface area contributed by atoms with Gasteiger partial charge < -0.3 is 18.8 Å². The Morgan fingerprint density at radius 3 is 2.65 bits per heavy atom. The summed E-state index contributed by atoms with van der Waals surface area (Å²) in [4.78, 5) is 19.6. The molecule has 0 unspecified atom stereocenters.